The van der Waals surface area contributed by atoms with Crippen LogP contribution in [0.15, 0.2) is 66.7 Å². The average Bonchev–Trinajstić information content (AvgIpc) is 2.85. The molecule has 0 saturated carbocycles. The van der Waals surface area contributed by atoms with Crippen LogP contribution in [-0.2, 0) is 0 Å². The van der Waals surface area contributed by atoms with Gasteiger partial charge in [-0.2, -0.15) is 0 Å². The summed E-state index contributed by atoms with van der Waals surface area (Å²) >= 11 is 0. The van der Waals surface area contributed by atoms with Crippen LogP contribution in [-0.4, -0.2) is 32.6 Å². The second kappa shape index (κ2) is 11.6. The SMILES string of the molecule is CCCCOc1ccc(C(=O)Nc2cc(OC)c(NC(=O)c3ccccc3)cc2OC)cc1. The molecule has 0 saturated heterocycles. The van der Waals surface area contributed by atoms with Crippen molar-refractivity contribution in [3.8, 4) is 17.2 Å². The minimum absolute atomic E-state index is 0.283. The van der Waals surface area contributed by atoms with E-state index in [2.05, 4.69) is 17.6 Å². The molecule has 0 bridgehead atoms. The molecule has 33 heavy (non-hydrogen) atoms. The van der Waals surface area contributed by atoms with E-state index in [1.165, 1.54) is 14.2 Å². The normalized spacial score (nSPS) is 10.3. The molecule has 172 valence electrons. The van der Waals surface area contributed by atoms with Crippen LogP contribution in [0, 0.1) is 0 Å². The number of nitrogens with one attached hydrogen (secondary N) is 2. The van der Waals surface area contributed by atoms with Crippen molar-refractivity contribution < 1.29 is 23.8 Å². The van der Waals surface area contributed by atoms with E-state index < -0.39 is 0 Å². The summed E-state index contributed by atoms with van der Waals surface area (Å²) < 4.78 is 16.5. The van der Waals surface area contributed by atoms with E-state index >= 15 is 0 Å². The largest absolute Gasteiger partial charge is 0.494 e. The molecule has 3 rings (SSSR count). The molecule has 3 aromatic carbocycles. The maximum absolute atomic E-state index is 12.8. The van der Waals surface area contributed by atoms with Crippen molar-refractivity contribution in [2.75, 3.05) is 31.5 Å². The summed E-state index contributed by atoms with van der Waals surface area (Å²) in [5, 5.41) is 5.66. The zero-order valence-corrected chi connectivity index (χ0v) is 19.0. The maximum Gasteiger partial charge on any atom is 0.255 e. The molecule has 0 aliphatic carbocycles. The lowest BCUT2D eigenvalue weighted by atomic mass is 10.1. The highest BCUT2D eigenvalue weighted by molar-refractivity contribution is 6.07. The van der Waals surface area contributed by atoms with Crippen molar-refractivity contribution in [2.45, 2.75) is 19.8 Å². The molecular formula is C26H28N2O5. The number of amides is 2. The first-order valence-electron chi connectivity index (χ1n) is 10.7. The predicted octanol–water partition coefficient (Wildman–Crippen LogP) is 5.39. The highest BCUT2D eigenvalue weighted by atomic mass is 16.5. The van der Waals surface area contributed by atoms with Gasteiger partial charge in [0.2, 0.25) is 0 Å². The summed E-state index contributed by atoms with van der Waals surface area (Å²) in [5.74, 6) is 0.894. The molecule has 0 atom stereocenters. The van der Waals surface area contributed by atoms with Gasteiger partial charge in [-0.1, -0.05) is 31.5 Å². The number of anilines is 2. The van der Waals surface area contributed by atoms with Gasteiger partial charge in [0.1, 0.15) is 17.2 Å². The van der Waals surface area contributed by atoms with Gasteiger partial charge >= 0.3 is 0 Å². The fourth-order valence-corrected chi connectivity index (χ4v) is 3.11. The molecule has 0 radical (unpaired) electrons. The monoisotopic (exact) mass is 448 g/mol. The number of carbonyl (C=O) groups excluding carboxylic acids is 2. The Hall–Kier alpha value is -4.00. The second-order valence-electron chi connectivity index (χ2n) is 7.25. The summed E-state index contributed by atoms with van der Waals surface area (Å²) in [6.07, 6.45) is 2.03. The first-order valence-corrected chi connectivity index (χ1v) is 10.7. The van der Waals surface area contributed by atoms with E-state index in [0.29, 0.717) is 40.6 Å². The summed E-state index contributed by atoms with van der Waals surface area (Å²) in [4.78, 5) is 25.3. The molecule has 0 heterocycles. The minimum atomic E-state index is -0.309. The van der Waals surface area contributed by atoms with Crippen LogP contribution in [0.5, 0.6) is 17.2 Å². The number of hydrogen-bond donors (Lipinski definition) is 2. The Kier molecular flexibility index (Phi) is 8.30. The number of hydrogen-bond acceptors (Lipinski definition) is 5. The van der Waals surface area contributed by atoms with Crippen molar-refractivity contribution in [3.05, 3.63) is 77.9 Å². The van der Waals surface area contributed by atoms with E-state index in [0.717, 1.165) is 18.6 Å². The maximum atomic E-state index is 12.8. The number of benzene rings is 3. The first-order chi connectivity index (χ1) is 16.0. The van der Waals surface area contributed by atoms with Crippen LogP contribution in [0.2, 0.25) is 0 Å². The standard InChI is InChI=1S/C26H28N2O5/c1-4-5-15-33-20-13-11-19(12-14-20)26(30)28-22-17-23(31-2)21(16-24(22)32-3)27-25(29)18-9-7-6-8-10-18/h6-14,16-17H,4-5,15H2,1-3H3,(H,27,29)(H,28,30). The number of methoxy groups -OCH3 is 2. The van der Waals surface area contributed by atoms with Gasteiger partial charge in [-0.3, -0.25) is 9.59 Å². The van der Waals surface area contributed by atoms with Gasteiger partial charge < -0.3 is 24.8 Å². The number of rotatable bonds is 10. The third-order valence-electron chi connectivity index (χ3n) is 4.94. The van der Waals surface area contributed by atoms with Crippen molar-refractivity contribution in [3.63, 3.8) is 0 Å². The molecule has 7 heteroatoms. The Bertz CT molecular complexity index is 1080. The van der Waals surface area contributed by atoms with Gasteiger partial charge in [-0.25, -0.2) is 0 Å². The molecule has 3 aromatic rings. The Morgan fingerprint density at radius 1 is 0.758 bits per heavy atom. The average molecular weight is 449 g/mol. The Morgan fingerprint density at radius 3 is 1.76 bits per heavy atom. The van der Waals surface area contributed by atoms with Crippen LogP contribution in [0.3, 0.4) is 0 Å². The number of ether oxygens (including phenoxy) is 3. The van der Waals surface area contributed by atoms with Crippen molar-refractivity contribution in [1.82, 2.24) is 0 Å². The van der Waals surface area contributed by atoms with Crippen LogP contribution in [0.4, 0.5) is 11.4 Å². The highest BCUT2D eigenvalue weighted by Crippen LogP contribution is 2.37. The molecule has 0 spiro atoms. The first kappa shape index (κ1) is 23.7. The summed E-state index contributed by atoms with van der Waals surface area (Å²) in [7, 11) is 2.98. The fraction of sp³-hybridized carbons (Fsp3) is 0.231. The molecule has 0 fully saturated rings. The number of unbranched alkanes of at least 4 members (excludes halogenated alkanes) is 1. The smallest absolute Gasteiger partial charge is 0.255 e. The molecular weight excluding hydrogens is 420 g/mol. The van der Waals surface area contributed by atoms with E-state index in [9.17, 15) is 9.59 Å². The molecule has 0 aliphatic rings. The minimum Gasteiger partial charge on any atom is -0.494 e. The van der Waals surface area contributed by atoms with Gasteiger partial charge in [0.15, 0.2) is 0 Å². The fourth-order valence-electron chi connectivity index (χ4n) is 3.11. The van der Waals surface area contributed by atoms with Gasteiger partial charge in [0.05, 0.1) is 32.2 Å². The number of carbonyl (C=O) groups is 2. The van der Waals surface area contributed by atoms with Crippen molar-refractivity contribution in [2.24, 2.45) is 0 Å². The van der Waals surface area contributed by atoms with E-state index in [1.54, 1.807) is 60.7 Å². The van der Waals surface area contributed by atoms with Gasteiger partial charge in [-0.05, 0) is 42.8 Å². The lowest BCUT2D eigenvalue weighted by Gasteiger charge is -2.16. The summed E-state index contributed by atoms with van der Waals surface area (Å²) in [6.45, 7) is 2.75. The molecule has 0 aromatic heterocycles. The molecule has 2 amide bonds. The van der Waals surface area contributed by atoms with E-state index in [4.69, 9.17) is 14.2 Å². The molecule has 7 nitrogen and oxygen atoms in total. The quantitative estimate of drug-likeness (QED) is 0.406. The van der Waals surface area contributed by atoms with Crippen LogP contribution >= 0.6 is 0 Å². The summed E-state index contributed by atoms with van der Waals surface area (Å²) in [5.41, 5.74) is 1.83. The lowest BCUT2D eigenvalue weighted by molar-refractivity contribution is 0.101. The zero-order valence-electron chi connectivity index (χ0n) is 19.0. The molecule has 0 unspecified atom stereocenters. The predicted molar refractivity (Wildman–Crippen MR) is 129 cm³/mol. The lowest BCUT2D eigenvalue weighted by Crippen LogP contribution is -2.15. The Morgan fingerprint density at radius 2 is 1.27 bits per heavy atom. The van der Waals surface area contributed by atoms with Crippen LogP contribution in [0.1, 0.15) is 40.5 Å². The van der Waals surface area contributed by atoms with Crippen LogP contribution in [0.25, 0.3) is 0 Å². The molecule has 2 N–H and O–H groups in total. The van der Waals surface area contributed by atoms with Crippen LogP contribution < -0.4 is 24.8 Å². The topological polar surface area (TPSA) is 85.9 Å². The van der Waals surface area contributed by atoms with Gasteiger partial charge in [-0.15, -0.1) is 0 Å². The van der Waals surface area contributed by atoms with E-state index in [1.807, 2.05) is 6.07 Å². The van der Waals surface area contributed by atoms with Gasteiger partial charge in [0.25, 0.3) is 11.8 Å². The highest BCUT2D eigenvalue weighted by Gasteiger charge is 2.17. The van der Waals surface area contributed by atoms with Crippen molar-refractivity contribution in [1.29, 1.82) is 0 Å². The zero-order chi connectivity index (χ0) is 23.6. The third kappa shape index (κ3) is 6.26. The van der Waals surface area contributed by atoms with Gasteiger partial charge in [0, 0.05) is 23.3 Å². The summed E-state index contributed by atoms with van der Waals surface area (Å²) in [6, 6.07) is 19.0. The molecule has 0 aliphatic heterocycles. The Labute approximate surface area is 193 Å². The van der Waals surface area contributed by atoms with Crippen molar-refractivity contribution >= 4 is 23.2 Å². The third-order valence-corrected chi connectivity index (χ3v) is 4.94. The Balaban J connectivity index is 1.76. The van der Waals surface area contributed by atoms with E-state index in [-0.39, 0.29) is 11.8 Å². The second-order valence-corrected chi connectivity index (χ2v) is 7.25.